The Labute approximate surface area is 111 Å². The minimum atomic E-state index is -0.832. The Morgan fingerprint density at radius 2 is 2.05 bits per heavy atom. The van der Waals surface area contributed by atoms with Crippen molar-refractivity contribution in [1.82, 2.24) is 4.90 Å². The van der Waals surface area contributed by atoms with Crippen LogP contribution in [0.2, 0.25) is 0 Å². The molecule has 1 aliphatic rings. The van der Waals surface area contributed by atoms with E-state index < -0.39 is 11.9 Å². The van der Waals surface area contributed by atoms with Gasteiger partial charge >= 0.3 is 5.97 Å². The summed E-state index contributed by atoms with van der Waals surface area (Å²) in [6.07, 6.45) is 1.37. The van der Waals surface area contributed by atoms with Crippen LogP contribution in [-0.4, -0.2) is 41.6 Å². The van der Waals surface area contributed by atoms with E-state index in [2.05, 4.69) is 0 Å². The molecule has 1 heterocycles. The summed E-state index contributed by atoms with van der Waals surface area (Å²) in [4.78, 5) is 24.5. The largest absolute Gasteiger partial charge is 0.484 e. The molecule has 1 aliphatic heterocycles. The molecule has 19 heavy (non-hydrogen) atoms. The van der Waals surface area contributed by atoms with Gasteiger partial charge in [0.15, 0.2) is 6.61 Å². The lowest BCUT2D eigenvalue weighted by atomic mass is 9.98. The van der Waals surface area contributed by atoms with Crippen molar-refractivity contribution in [3.8, 4) is 5.75 Å². The van der Waals surface area contributed by atoms with Crippen LogP contribution in [0.3, 0.4) is 0 Å². The number of aliphatic carboxylic acids is 1. The van der Waals surface area contributed by atoms with Gasteiger partial charge in [0.1, 0.15) is 5.75 Å². The van der Waals surface area contributed by atoms with Crippen LogP contribution in [0.15, 0.2) is 30.3 Å². The van der Waals surface area contributed by atoms with E-state index in [-0.39, 0.29) is 19.1 Å². The van der Waals surface area contributed by atoms with Crippen LogP contribution in [0.25, 0.3) is 0 Å². The van der Waals surface area contributed by atoms with Crippen molar-refractivity contribution in [2.75, 3.05) is 19.7 Å². The molecule has 1 atom stereocenters. The number of nitrogens with zero attached hydrogens (tertiary/aromatic N) is 1. The highest BCUT2D eigenvalue weighted by atomic mass is 16.5. The summed E-state index contributed by atoms with van der Waals surface area (Å²) in [7, 11) is 0. The molecule has 1 saturated heterocycles. The van der Waals surface area contributed by atoms with E-state index in [1.165, 1.54) is 0 Å². The van der Waals surface area contributed by atoms with Gasteiger partial charge in [-0.05, 0) is 25.0 Å². The van der Waals surface area contributed by atoms with Gasteiger partial charge in [-0.2, -0.15) is 0 Å². The molecule has 1 aromatic carbocycles. The minimum Gasteiger partial charge on any atom is -0.484 e. The van der Waals surface area contributed by atoms with Crippen LogP contribution in [0.5, 0.6) is 5.75 Å². The van der Waals surface area contributed by atoms with E-state index in [0.29, 0.717) is 18.7 Å². The van der Waals surface area contributed by atoms with E-state index >= 15 is 0 Å². The summed E-state index contributed by atoms with van der Waals surface area (Å²) >= 11 is 0. The van der Waals surface area contributed by atoms with Crippen LogP contribution < -0.4 is 4.74 Å². The molecule has 0 spiro atoms. The van der Waals surface area contributed by atoms with Crippen molar-refractivity contribution in [3.63, 3.8) is 0 Å². The van der Waals surface area contributed by atoms with Crippen molar-refractivity contribution in [3.05, 3.63) is 30.3 Å². The van der Waals surface area contributed by atoms with Gasteiger partial charge in [0.05, 0.1) is 5.92 Å². The Hall–Kier alpha value is -2.04. The first-order valence-electron chi connectivity index (χ1n) is 6.35. The summed E-state index contributed by atoms with van der Waals surface area (Å²) in [6.45, 7) is 0.851. The first kappa shape index (κ1) is 13.4. The number of para-hydroxylation sites is 1. The average molecular weight is 263 g/mol. The summed E-state index contributed by atoms with van der Waals surface area (Å²) in [5, 5.41) is 8.98. The molecule has 102 valence electrons. The molecule has 2 rings (SSSR count). The number of piperidine rings is 1. The number of benzene rings is 1. The molecule has 0 radical (unpaired) electrons. The lowest BCUT2D eigenvalue weighted by Crippen LogP contribution is -2.44. The molecular weight excluding hydrogens is 246 g/mol. The molecule has 5 heteroatoms. The van der Waals surface area contributed by atoms with Gasteiger partial charge in [0, 0.05) is 13.1 Å². The fraction of sp³-hybridized carbons (Fsp3) is 0.429. The number of ether oxygens (including phenoxy) is 1. The summed E-state index contributed by atoms with van der Waals surface area (Å²) in [6, 6.07) is 9.10. The van der Waals surface area contributed by atoms with Gasteiger partial charge in [-0.3, -0.25) is 9.59 Å². The van der Waals surface area contributed by atoms with E-state index in [4.69, 9.17) is 9.84 Å². The second-order valence-corrected chi connectivity index (χ2v) is 4.62. The number of hydrogen-bond donors (Lipinski definition) is 1. The molecule has 1 fully saturated rings. The zero-order valence-corrected chi connectivity index (χ0v) is 10.6. The Kier molecular flexibility index (Phi) is 4.39. The van der Waals surface area contributed by atoms with Crippen LogP contribution in [-0.2, 0) is 9.59 Å². The second kappa shape index (κ2) is 6.22. The molecule has 0 saturated carbocycles. The maximum Gasteiger partial charge on any atom is 0.308 e. The third kappa shape index (κ3) is 3.71. The van der Waals surface area contributed by atoms with E-state index in [0.717, 1.165) is 6.42 Å². The number of carbonyl (C=O) groups excluding carboxylic acids is 1. The zero-order valence-electron chi connectivity index (χ0n) is 10.6. The van der Waals surface area contributed by atoms with Gasteiger partial charge in [0.25, 0.3) is 5.91 Å². The molecule has 5 nitrogen and oxygen atoms in total. The number of carboxylic acid groups (broad SMARTS) is 1. The monoisotopic (exact) mass is 263 g/mol. The number of carboxylic acids is 1. The highest BCUT2D eigenvalue weighted by Gasteiger charge is 2.28. The number of rotatable bonds is 4. The molecule has 1 aromatic rings. The number of likely N-dealkylation sites (tertiary alicyclic amines) is 1. The lowest BCUT2D eigenvalue weighted by Gasteiger charge is -2.30. The van der Waals surface area contributed by atoms with Crippen LogP contribution in [0.1, 0.15) is 12.8 Å². The molecule has 1 amide bonds. The highest BCUT2D eigenvalue weighted by molar-refractivity contribution is 5.79. The molecule has 0 aliphatic carbocycles. The first-order valence-corrected chi connectivity index (χ1v) is 6.35. The Morgan fingerprint density at radius 3 is 2.74 bits per heavy atom. The third-order valence-electron chi connectivity index (χ3n) is 3.23. The predicted molar refractivity (Wildman–Crippen MR) is 68.9 cm³/mol. The molecule has 0 bridgehead atoms. The van der Waals surface area contributed by atoms with Crippen LogP contribution in [0.4, 0.5) is 0 Å². The predicted octanol–water partition coefficient (Wildman–Crippen LogP) is 1.39. The summed E-state index contributed by atoms with van der Waals surface area (Å²) in [5.41, 5.74) is 0. The first-order chi connectivity index (χ1) is 9.16. The smallest absolute Gasteiger partial charge is 0.308 e. The highest BCUT2D eigenvalue weighted by Crippen LogP contribution is 2.17. The Balaban J connectivity index is 1.84. The Bertz CT molecular complexity index is 446. The number of carbonyl (C=O) groups is 2. The standard InChI is InChI=1S/C14H17NO4/c16-13(10-19-12-6-2-1-3-7-12)15-8-4-5-11(9-15)14(17)18/h1-3,6-7,11H,4-5,8-10H2,(H,17,18)/t11-/m0/s1. The van der Waals surface area contributed by atoms with Crippen molar-refractivity contribution in [2.24, 2.45) is 5.92 Å². The average Bonchev–Trinajstić information content (AvgIpc) is 2.46. The van der Waals surface area contributed by atoms with E-state index in [1.807, 2.05) is 18.2 Å². The number of hydrogen-bond acceptors (Lipinski definition) is 3. The topological polar surface area (TPSA) is 66.8 Å². The van der Waals surface area contributed by atoms with Gasteiger partial charge in [0.2, 0.25) is 0 Å². The van der Waals surface area contributed by atoms with Gasteiger partial charge in [-0.1, -0.05) is 18.2 Å². The lowest BCUT2D eigenvalue weighted by molar-refractivity contribution is -0.146. The van der Waals surface area contributed by atoms with Gasteiger partial charge in [-0.25, -0.2) is 0 Å². The van der Waals surface area contributed by atoms with E-state index in [1.54, 1.807) is 17.0 Å². The van der Waals surface area contributed by atoms with Gasteiger partial charge in [-0.15, -0.1) is 0 Å². The van der Waals surface area contributed by atoms with Crippen LogP contribution >= 0.6 is 0 Å². The fourth-order valence-electron chi connectivity index (χ4n) is 2.16. The quantitative estimate of drug-likeness (QED) is 0.891. The van der Waals surface area contributed by atoms with Crippen molar-refractivity contribution in [2.45, 2.75) is 12.8 Å². The summed E-state index contributed by atoms with van der Waals surface area (Å²) in [5.74, 6) is -0.798. The maximum absolute atomic E-state index is 11.9. The third-order valence-corrected chi connectivity index (χ3v) is 3.23. The SMILES string of the molecule is O=C(O)[C@H]1CCCN(C(=O)COc2ccccc2)C1. The zero-order chi connectivity index (χ0) is 13.7. The molecule has 1 N–H and O–H groups in total. The van der Waals surface area contributed by atoms with Crippen molar-refractivity contribution < 1.29 is 19.4 Å². The van der Waals surface area contributed by atoms with Crippen molar-refractivity contribution in [1.29, 1.82) is 0 Å². The minimum absolute atomic E-state index is 0.0453. The summed E-state index contributed by atoms with van der Waals surface area (Å²) < 4.78 is 5.38. The van der Waals surface area contributed by atoms with Crippen molar-refractivity contribution >= 4 is 11.9 Å². The molecule has 0 unspecified atom stereocenters. The normalized spacial score (nSPS) is 18.9. The fourth-order valence-corrected chi connectivity index (χ4v) is 2.16. The van der Waals surface area contributed by atoms with E-state index in [9.17, 15) is 9.59 Å². The van der Waals surface area contributed by atoms with Crippen LogP contribution in [0, 0.1) is 5.92 Å². The maximum atomic E-state index is 11.9. The second-order valence-electron chi connectivity index (χ2n) is 4.62. The molecule has 0 aromatic heterocycles. The number of amides is 1. The molecular formula is C14H17NO4. The Morgan fingerprint density at radius 1 is 1.32 bits per heavy atom. The van der Waals surface area contributed by atoms with Gasteiger partial charge < -0.3 is 14.7 Å².